The predicted octanol–water partition coefficient (Wildman–Crippen LogP) is 2.39. The summed E-state index contributed by atoms with van der Waals surface area (Å²) >= 11 is 0. The maximum absolute atomic E-state index is 12.8. The number of hydrogen-bond acceptors (Lipinski definition) is 2. The molecule has 0 spiro atoms. The van der Waals surface area contributed by atoms with Crippen molar-refractivity contribution in [3.8, 4) is 0 Å². The van der Waals surface area contributed by atoms with Gasteiger partial charge in [-0.15, -0.1) is 0 Å². The van der Waals surface area contributed by atoms with E-state index in [0.29, 0.717) is 13.1 Å². The quantitative estimate of drug-likeness (QED) is 0.815. The molecule has 0 aromatic heterocycles. The van der Waals surface area contributed by atoms with Crippen LogP contribution >= 0.6 is 0 Å². The fourth-order valence-electron chi connectivity index (χ4n) is 2.04. The third-order valence-corrected chi connectivity index (χ3v) is 4.93. The first-order chi connectivity index (χ1) is 8.10. The first-order valence-electron chi connectivity index (χ1n) is 5.86. The SMILES string of the molecule is O=S(=O)(c1ccc(F)cc1)N1CCCCCC1. The van der Waals surface area contributed by atoms with E-state index >= 15 is 0 Å². The van der Waals surface area contributed by atoms with Gasteiger partial charge in [-0.05, 0) is 37.1 Å². The topological polar surface area (TPSA) is 37.4 Å². The van der Waals surface area contributed by atoms with Gasteiger partial charge in [-0.2, -0.15) is 4.31 Å². The normalized spacial score (nSPS) is 18.9. The molecule has 1 aliphatic rings. The van der Waals surface area contributed by atoms with Crippen LogP contribution in [0.25, 0.3) is 0 Å². The average Bonchev–Trinajstić information content (AvgIpc) is 2.58. The molecule has 0 saturated carbocycles. The van der Waals surface area contributed by atoms with Crippen LogP contribution in [0.5, 0.6) is 0 Å². The lowest BCUT2D eigenvalue weighted by atomic mass is 10.2. The van der Waals surface area contributed by atoms with Crippen LogP contribution in [0, 0.1) is 5.82 Å². The molecule has 1 heterocycles. The van der Waals surface area contributed by atoms with E-state index in [4.69, 9.17) is 0 Å². The summed E-state index contributed by atoms with van der Waals surface area (Å²) in [5, 5.41) is 0. The Morgan fingerprint density at radius 3 is 2.00 bits per heavy atom. The highest BCUT2D eigenvalue weighted by Gasteiger charge is 2.24. The average molecular weight is 257 g/mol. The van der Waals surface area contributed by atoms with Crippen molar-refractivity contribution in [3.05, 3.63) is 30.1 Å². The van der Waals surface area contributed by atoms with Crippen LogP contribution in [-0.4, -0.2) is 25.8 Å². The van der Waals surface area contributed by atoms with Crippen LogP contribution in [0.4, 0.5) is 4.39 Å². The maximum atomic E-state index is 12.8. The molecule has 3 nitrogen and oxygen atoms in total. The molecule has 17 heavy (non-hydrogen) atoms. The van der Waals surface area contributed by atoms with Gasteiger partial charge < -0.3 is 0 Å². The summed E-state index contributed by atoms with van der Waals surface area (Å²) < 4.78 is 38.8. The molecule has 1 fully saturated rings. The molecule has 0 aliphatic carbocycles. The Morgan fingerprint density at radius 2 is 1.47 bits per heavy atom. The zero-order valence-electron chi connectivity index (χ0n) is 9.60. The minimum Gasteiger partial charge on any atom is -0.207 e. The fourth-order valence-corrected chi connectivity index (χ4v) is 3.55. The molecule has 0 atom stereocenters. The maximum Gasteiger partial charge on any atom is 0.243 e. The Kier molecular flexibility index (Phi) is 3.79. The number of nitrogens with zero attached hydrogens (tertiary/aromatic N) is 1. The number of rotatable bonds is 2. The Hall–Kier alpha value is -0.940. The van der Waals surface area contributed by atoms with E-state index in [1.165, 1.54) is 28.6 Å². The first-order valence-corrected chi connectivity index (χ1v) is 7.30. The minimum absolute atomic E-state index is 0.181. The second-order valence-electron chi connectivity index (χ2n) is 4.27. The molecule has 5 heteroatoms. The van der Waals surface area contributed by atoms with Crippen molar-refractivity contribution in [2.45, 2.75) is 30.6 Å². The molecule has 0 amide bonds. The van der Waals surface area contributed by atoms with Crippen LogP contribution < -0.4 is 0 Å². The van der Waals surface area contributed by atoms with Crippen LogP contribution in [0.2, 0.25) is 0 Å². The Labute approximate surface area is 101 Å². The smallest absolute Gasteiger partial charge is 0.207 e. The molecular weight excluding hydrogens is 241 g/mol. The van der Waals surface area contributed by atoms with Crippen molar-refractivity contribution in [3.63, 3.8) is 0 Å². The zero-order chi connectivity index (χ0) is 12.3. The van der Waals surface area contributed by atoms with Crippen LogP contribution in [0.3, 0.4) is 0 Å². The predicted molar refractivity (Wildman–Crippen MR) is 63.6 cm³/mol. The molecule has 0 N–H and O–H groups in total. The molecule has 0 bridgehead atoms. The van der Waals surface area contributed by atoms with Gasteiger partial charge in [0.15, 0.2) is 0 Å². The lowest BCUT2D eigenvalue weighted by Crippen LogP contribution is -2.31. The van der Waals surface area contributed by atoms with Crippen LogP contribution in [0.1, 0.15) is 25.7 Å². The monoisotopic (exact) mass is 257 g/mol. The summed E-state index contributed by atoms with van der Waals surface area (Å²) in [6.45, 7) is 1.14. The van der Waals surface area contributed by atoms with Gasteiger partial charge in [0, 0.05) is 13.1 Å². The second kappa shape index (κ2) is 5.14. The molecule has 1 aromatic rings. The third-order valence-electron chi connectivity index (χ3n) is 3.02. The van der Waals surface area contributed by atoms with Crippen molar-refractivity contribution in [1.82, 2.24) is 4.31 Å². The number of halogens is 1. The molecule has 94 valence electrons. The second-order valence-corrected chi connectivity index (χ2v) is 6.21. The van der Waals surface area contributed by atoms with E-state index in [1.54, 1.807) is 0 Å². The van der Waals surface area contributed by atoms with Crippen molar-refractivity contribution in [1.29, 1.82) is 0 Å². The van der Waals surface area contributed by atoms with Gasteiger partial charge >= 0.3 is 0 Å². The number of hydrogen-bond donors (Lipinski definition) is 0. The van der Waals surface area contributed by atoms with E-state index in [-0.39, 0.29) is 4.90 Å². The molecule has 1 aliphatic heterocycles. The Bertz CT molecular complexity index is 462. The molecular formula is C12H16FNO2S. The molecule has 0 radical (unpaired) electrons. The highest BCUT2D eigenvalue weighted by atomic mass is 32.2. The van der Waals surface area contributed by atoms with E-state index in [9.17, 15) is 12.8 Å². The van der Waals surface area contributed by atoms with Gasteiger partial charge in [-0.3, -0.25) is 0 Å². The first kappa shape index (κ1) is 12.5. The largest absolute Gasteiger partial charge is 0.243 e. The highest BCUT2D eigenvalue weighted by molar-refractivity contribution is 7.89. The lowest BCUT2D eigenvalue weighted by Gasteiger charge is -2.19. The van der Waals surface area contributed by atoms with Crippen molar-refractivity contribution >= 4 is 10.0 Å². The van der Waals surface area contributed by atoms with Crippen LogP contribution in [-0.2, 0) is 10.0 Å². The molecule has 1 aromatic carbocycles. The summed E-state index contributed by atoms with van der Waals surface area (Å²) in [6, 6.07) is 5.03. The van der Waals surface area contributed by atoms with Crippen molar-refractivity contribution in [2.75, 3.05) is 13.1 Å². The Balaban J connectivity index is 2.25. The van der Waals surface area contributed by atoms with Crippen molar-refractivity contribution in [2.24, 2.45) is 0 Å². The zero-order valence-corrected chi connectivity index (χ0v) is 10.4. The third kappa shape index (κ3) is 2.84. The lowest BCUT2D eigenvalue weighted by molar-refractivity contribution is 0.423. The number of benzene rings is 1. The van der Waals surface area contributed by atoms with E-state index in [1.807, 2.05) is 0 Å². The summed E-state index contributed by atoms with van der Waals surface area (Å²) in [7, 11) is -3.44. The Morgan fingerprint density at radius 1 is 0.941 bits per heavy atom. The van der Waals surface area contributed by atoms with Gasteiger partial charge in [-0.25, -0.2) is 12.8 Å². The molecule has 1 saturated heterocycles. The fraction of sp³-hybridized carbons (Fsp3) is 0.500. The van der Waals surface area contributed by atoms with E-state index < -0.39 is 15.8 Å². The highest BCUT2D eigenvalue weighted by Crippen LogP contribution is 2.20. The summed E-state index contributed by atoms with van der Waals surface area (Å²) in [5.41, 5.74) is 0. The van der Waals surface area contributed by atoms with Gasteiger partial charge in [0.1, 0.15) is 5.82 Å². The molecule has 0 unspecified atom stereocenters. The van der Waals surface area contributed by atoms with E-state index in [0.717, 1.165) is 25.7 Å². The summed E-state index contributed by atoms with van der Waals surface area (Å²) in [4.78, 5) is 0.181. The van der Waals surface area contributed by atoms with Crippen molar-refractivity contribution < 1.29 is 12.8 Å². The minimum atomic E-state index is -3.44. The van der Waals surface area contributed by atoms with Gasteiger partial charge in [-0.1, -0.05) is 12.8 Å². The van der Waals surface area contributed by atoms with E-state index in [2.05, 4.69) is 0 Å². The van der Waals surface area contributed by atoms with Crippen LogP contribution in [0.15, 0.2) is 29.2 Å². The molecule has 2 rings (SSSR count). The summed E-state index contributed by atoms with van der Waals surface area (Å²) in [5.74, 6) is -0.417. The standard InChI is InChI=1S/C12H16FNO2S/c13-11-5-7-12(8-6-11)17(15,16)14-9-3-1-2-4-10-14/h5-8H,1-4,9-10H2. The van der Waals surface area contributed by atoms with Gasteiger partial charge in [0.2, 0.25) is 10.0 Å². The van der Waals surface area contributed by atoms with Gasteiger partial charge in [0.05, 0.1) is 4.90 Å². The summed E-state index contributed by atoms with van der Waals surface area (Å²) in [6.07, 6.45) is 3.96. The number of sulfonamides is 1. The van der Waals surface area contributed by atoms with Gasteiger partial charge in [0.25, 0.3) is 0 Å².